The molecule has 0 aromatic rings. The molecule has 0 bridgehead atoms. The van der Waals surface area contributed by atoms with Crippen LogP contribution in [0.2, 0.25) is 0 Å². The molecule has 0 aromatic carbocycles. The van der Waals surface area contributed by atoms with Crippen LogP contribution < -0.4 is 0 Å². The summed E-state index contributed by atoms with van der Waals surface area (Å²) < 4.78 is 68.6. The molecule has 0 aromatic heterocycles. The van der Waals surface area contributed by atoms with Gasteiger partial charge in [0, 0.05) is 25.7 Å². The quantitative estimate of drug-likeness (QED) is 0.0222. The second kappa shape index (κ2) is 67.2. The molecule has 0 spiro atoms. The zero-order valence-electron chi connectivity index (χ0n) is 63.7. The number of phosphoric ester groups is 2. The summed E-state index contributed by atoms with van der Waals surface area (Å²) >= 11 is 0. The fraction of sp³-hybridized carbons (Fsp3) is 0.949. The Balaban J connectivity index is 5.20. The second-order valence-corrected chi connectivity index (χ2v) is 32.7. The molecule has 0 amide bonds. The lowest BCUT2D eigenvalue weighted by molar-refractivity contribution is -0.161. The highest BCUT2D eigenvalue weighted by atomic mass is 31.2. The molecule has 576 valence electrons. The molecule has 0 aliphatic heterocycles. The third kappa shape index (κ3) is 70.9. The van der Waals surface area contributed by atoms with Crippen LogP contribution in [0.1, 0.15) is 396 Å². The Hall–Kier alpha value is -1.94. The van der Waals surface area contributed by atoms with Crippen LogP contribution in [-0.2, 0) is 65.4 Å². The molecule has 0 saturated heterocycles. The van der Waals surface area contributed by atoms with E-state index in [1.807, 2.05) is 0 Å². The predicted octanol–water partition coefficient (Wildman–Crippen LogP) is 22.8. The van der Waals surface area contributed by atoms with Crippen LogP contribution in [0, 0.1) is 23.7 Å². The highest BCUT2D eigenvalue weighted by Crippen LogP contribution is 2.45. The van der Waals surface area contributed by atoms with Crippen LogP contribution in [0.4, 0.5) is 0 Å². The summed E-state index contributed by atoms with van der Waals surface area (Å²) in [7, 11) is -9.92. The molecule has 3 N–H and O–H groups in total. The highest BCUT2D eigenvalue weighted by molar-refractivity contribution is 7.47. The van der Waals surface area contributed by atoms with Crippen molar-refractivity contribution in [2.24, 2.45) is 23.7 Å². The van der Waals surface area contributed by atoms with E-state index in [9.17, 15) is 43.2 Å². The normalized spacial score (nSPS) is 14.4. The summed E-state index contributed by atoms with van der Waals surface area (Å²) in [5.41, 5.74) is 0. The van der Waals surface area contributed by atoms with Gasteiger partial charge in [-0.2, -0.15) is 0 Å². The first-order chi connectivity index (χ1) is 46.6. The molecular weight excluding hydrogens is 1270 g/mol. The molecule has 0 aliphatic carbocycles. The number of phosphoric acid groups is 2. The molecule has 0 aliphatic rings. The van der Waals surface area contributed by atoms with E-state index in [2.05, 4.69) is 55.4 Å². The first-order valence-corrected chi connectivity index (χ1v) is 43.2. The van der Waals surface area contributed by atoms with Gasteiger partial charge in [-0.1, -0.05) is 344 Å². The lowest BCUT2D eigenvalue weighted by atomic mass is 9.99. The Labute approximate surface area is 594 Å². The maximum atomic E-state index is 13.1. The molecule has 19 heteroatoms. The summed E-state index contributed by atoms with van der Waals surface area (Å²) in [5.74, 6) is 0.952. The van der Waals surface area contributed by atoms with Gasteiger partial charge in [0.2, 0.25) is 0 Å². The van der Waals surface area contributed by atoms with Crippen molar-refractivity contribution in [1.29, 1.82) is 0 Å². The van der Waals surface area contributed by atoms with Crippen LogP contribution in [0.5, 0.6) is 0 Å². The lowest BCUT2D eigenvalue weighted by Crippen LogP contribution is -2.30. The van der Waals surface area contributed by atoms with E-state index in [4.69, 9.17) is 37.0 Å². The monoisotopic (exact) mass is 1420 g/mol. The number of carbonyl (C=O) groups excluding carboxylic acids is 4. The zero-order valence-corrected chi connectivity index (χ0v) is 65.5. The van der Waals surface area contributed by atoms with Gasteiger partial charge in [0.25, 0.3) is 0 Å². The van der Waals surface area contributed by atoms with Gasteiger partial charge in [-0.25, -0.2) is 9.13 Å². The smallest absolute Gasteiger partial charge is 0.462 e. The molecule has 0 radical (unpaired) electrons. The fourth-order valence-electron chi connectivity index (χ4n) is 11.9. The van der Waals surface area contributed by atoms with E-state index in [0.29, 0.717) is 31.6 Å². The third-order valence-corrected chi connectivity index (χ3v) is 20.3. The maximum Gasteiger partial charge on any atom is 0.472 e. The van der Waals surface area contributed by atoms with E-state index >= 15 is 0 Å². The van der Waals surface area contributed by atoms with Crippen LogP contribution in [0.15, 0.2) is 0 Å². The van der Waals surface area contributed by atoms with E-state index in [1.165, 1.54) is 193 Å². The summed E-state index contributed by atoms with van der Waals surface area (Å²) in [6, 6.07) is 0. The van der Waals surface area contributed by atoms with Gasteiger partial charge in [-0.15, -0.1) is 0 Å². The first-order valence-electron chi connectivity index (χ1n) is 40.2. The molecule has 6 atom stereocenters. The molecule has 97 heavy (non-hydrogen) atoms. The number of hydrogen-bond acceptors (Lipinski definition) is 15. The minimum atomic E-state index is -4.96. The molecular formula is C78H152O17P2. The minimum Gasteiger partial charge on any atom is -0.462 e. The number of hydrogen-bond donors (Lipinski definition) is 3. The summed E-state index contributed by atoms with van der Waals surface area (Å²) in [6.45, 7) is 14.2. The van der Waals surface area contributed by atoms with E-state index in [1.54, 1.807) is 0 Å². The number of esters is 4. The average Bonchev–Trinajstić information content (AvgIpc) is 1.92. The number of aliphatic hydroxyl groups is 1. The van der Waals surface area contributed by atoms with Crippen LogP contribution in [0.3, 0.4) is 0 Å². The molecule has 0 saturated carbocycles. The van der Waals surface area contributed by atoms with Gasteiger partial charge in [-0.05, 0) is 49.4 Å². The molecule has 4 unspecified atom stereocenters. The third-order valence-electron chi connectivity index (χ3n) is 18.4. The number of unbranched alkanes of at least 4 members (excludes halogenated alkanes) is 40. The van der Waals surface area contributed by atoms with Gasteiger partial charge in [0.05, 0.1) is 26.4 Å². The van der Waals surface area contributed by atoms with Crippen molar-refractivity contribution in [3.8, 4) is 0 Å². The first kappa shape index (κ1) is 95.1. The van der Waals surface area contributed by atoms with Gasteiger partial charge in [0.15, 0.2) is 12.2 Å². The second-order valence-electron chi connectivity index (χ2n) is 29.8. The molecule has 0 heterocycles. The van der Waals surface area contributed by atoms with Gasteiger partial charge in [0.1, 0.15) is 19.3 Å². The predicted molar refractivity (Wildman–Crippen MR) is 395 cm³/mol. The van der Waals surface area contributed by atoms with Crippen molar-refractivity contribution in [1.82, 2.24) is 0 Å². The van der Waals surface area contributed by atoms with Crippen LogP contribution in [0.25, 0.3) is 0 Å². The van der Waals surface area contributed by atoms with Crippen molar-refractivity contribution in [2.75, 3.05) is 39.6 Å². The Morgan fingerprint density at radius 2 is 0.495 bits per heavy atom. The Kier molecular flexibility index (Phi) is 65.9. The van der Waals surface area contributed by atoms with Crippen molar-refractivity contribution in [3.05, 3.63) is 0 Å². The number of rotatable bonds is 75. The Morgan fingerprint density at radius 1 is 0.289 bits per heavy atom. The topological polar surface area (TPSA) is 237 Å². The van der Waals surface area contributed by atoms with Crippen LogP contribution >= 0.6 is 15.6 Å². The van der Waals surface area contributed by atoms with Gasteiger partial charge in [-0.3, -0.25) is 37.3 Å². The van der Waals surface area contributed by atoms with E-state index in [-0.39, 0.29) is 25.7 Å². The van der Waals surface area contributed by atoms with Gasteiger partial charge < -0.3 is 33.8 Å². The van der Waals surface area contributed by atoms with Crippen molar-refractivity contribution in [2.45, 2.75) is 414 Å². The van der Waals surface area contributed by atoms with E-state index < -0.39 is 97.5 Å². The minimum absolute atomic E-state index is 0.105. The van der Waals surface area contributed by atoms with Gasteiger partial charge >= 0.3 is 39.5 Å². The molecule has 0 rings (SSSR count). The zero-order chi connectivity index (χ0) is 71.7. The Morgan fingerprint density at radius 3 is 0.732 bits per heavy atom. The summed E-state index contributed by atoms with van der Waals surface area (Å²) in [4.78, 5) is 72.9. The number of aliphatic hydroxyl groups excluding tert-OH is 1. The van der Waals surface area contributed by atoms with E-state index in [0.717, 1.165) is 114 Å². The number of carbonyl (C=O) groups is 4. The lowest BCUT2D eigenvalue weighted by Gasteiger charge is -2.21. The Bertz CT molecular complexity index is 1900. The standard InChI is InChI=1S/C78H152O17P2/c1-9-71(8)57-49-41-33-25-20-21-27-36-45-53-61-78(83)94-73(64-88-75(80)58-50-42-34-28-22-24-31-39-47-55-69(4)5)66-92-96(84,85)90-62-72(79)63-91-97(86,87)93-67-74(65-89-76(81)59-51-43-37-29-32-40-48-56-70(6)7)95-77(82)60-52-44-35-26-19-17-15-13-11-10-12-14-16-18-23-30-38-46-54-68(2)3/h68-74,79H,9-67H2,1-8H3,(H,84,85)(H,86,87)/t71?,72?,73-,74-/m1/s1. The molecule has 17 nitrogen and oxygen atoms in total. The summed E-state index contributed by atoms with van der Waals surface area (Å²) in [5, 5.41) is 10.6. The average molecular weight is 1420 g/mol. The highest BCUT2D eigenvalue weighted by Gasteiger charge is 2.30. The SMILES string of the molecule is CCC(C)CCCCCCCCCCCCC(=O)O[C@H](COC(=O)CCCCCCCCCCCC(C)C)COP(=O)(O)OCC(O)COP(=O)(O)OC[C@@H](COC(=O)CCCCCCCCCC(C)C)OC(=O)CCCCCCCCCCCCCCCCCCCCC(C)C. The maximum absolute atomic E-state index is 13.1. The number of ether oxygens (including phenoxy) is 4. The van der Waals surface area contributed by atoms with Crippen molar-refractivity contribution < 1.29 is 80.2 Å². The summed E-state index contributed by atoms with van der Waals surface area (Å²) in [6.07, 6.45) is 52.8. The van der Waals surface area contributed by atoms with Crippen LogP contribution in [-0.4, -0.2) is 96.7 Å². The van der Waals surface area contributed by atoms with Crippen molar-refractivity contribution in [3.63, 3.8) is 0 Å². The fourth-order valence-corrected chi connectivity index (χ4v) is 13.5. The molecule has 0 fully saturated rings. The van der Waals surface area contributed by atoms with Crippen molar-refractivity contribution >= 4 is 39.5 Å². The largest absolute Gasteiger partial charge is 0.472 e.